The maximum Gasteiger partial charge on any atom is 0.180 e. The molecule has 0 aromatic heterocycles. The van der Waals surface area contributed by atoms with Gasteiger partial charge in [-0.15, -0.1) is 0 Å². The average Bonchev–Trinajstić information content (AvgIpc) is 2.49. The summed E-state index contributed by atoms with van der Waals surface area (Å²) in [6.07, 6.45) is 2.07. The number of anilines is 1. The lowest BCUT2D eigenvalue weighted by Crippen LogP contribution is -2.48. The highest BCUT2D eigenvalue weighted by Gasteiger charge is 2.31. The molecule has 4 heteroatoms. The fourth-order valence-electron chi connectivity index (χ4n) is 3.76. The second-order valence-electron chi connectivity index (χ2n) is 6.87. The first-order chi connectivity index (χ1) is 11.0. The number of rotatable bonds is 6. The summed E-state index contributed by atoms with van der Waals surface area (Å²) < 4.78 is 5.46. The Labute approximate surface area is 140 Å². The van der Waals surface area contributed by atoms with Crippen molar-refractivity contribution in [2.45, 2.75) is 46.6 Å². The summed E-state index contributed by atoms with van der Waals surface area (Å²) in [5.74, 6) is 2.11. The van der Waals surface area contributed by atoms with Gasteiger partial charge in [0, 0.05) is 18.7 Å². The monoisotopic (exact) mass is 318 g/mol. The molecule has 3 unspecified atom stereocenters. The molecule has 23 heavy (non-hydrogen) atoms. The predicted molar refractivity (Wildman–Crippen MR) is 95.0 cm³/mol. The Bertz CT molecular complexity index is 534. The average molecular weight is 318 g/mol. The quantitative estimate of drug-likeness (QED) is 0.643. The van der Waals surface area contributed by atoms with E-state index in [0.717, 1.165) is 19.5 Å². The zero-order valence-corrected chi connectivity index (χ0v) is 14.8. The van der Waals surface area contributed by atoms with E-state index in [-0.39, 0.29) is 11.8 Å². The molecule has 0 saturated carbocycles. The fraction of sp³-hybridized carbons (Fsp3) is 0.632. The number of Topliss-reactive ketones (excluding diaryl/α,β-unsaturated/α-hetero) is 1. The van der Waals surface area contributed by atoms with Gasteiger partial charge in [0.05, 0.1) is 18.3 Å². The number of nitrogen functional groups attached to an aromatic ring is 1. The maximum atomic E-state index is 13.0. The Hall–Kier alpha value is -1.55. The number of likely N-dealkylation sites (tertiary alicyclic amines) is 1. The van der Waals surface area contributed by atoms with E-state index in [0.29, 0.717) is 35.4 Å². The third-order valence-corrected chi connectivity index (χ3v) is 4.62. The number of piperidine rings is 1. The van der Waals surface area contributed by atoms with Gasteiger partial charge in [0.2, 0.25) is 0 Å². The lowest BCUT2D eigenvalue weighted by atomic mass is 9.89. The van der Waals surface area contributed by atoms with Crippen molar-refractivity contribution in [3.63, 3.8) is 0 Å². The van der Waals surface area contributed by atoms with E-state index in [1.807, 2.05) is 13.0 Å². The third-order valence-electron chi connectivity index (χ3n) is 4.62. The molecule has 3 atom stereocenters. The van der Waals surface area contributed by atoms with Gasteiger partial charge >= 0.3 is 0 Å². The summed E-state index contributed by atoms with van der Waals surface area (Å²) in [5.41, 5.74) is 7.24. The van der Waals surface area contributed by atoms with Gasteiger partial charge < -0.3 is 10.5 Å². The van der Waals surface area contributed by atoms with Gasteiger partial charge in [-0.05, 0) is 49.8 Å². The Kier molecular flexibility index (Phi) is 6.05. The number of nitrogens with zero attached hydrogens (tertiary/aromatic N) is 1. The molecular weight excluding hydrogens is 288 g/mol. The Morgan fingerprint density at radius 1 is 1.30 bits per heavy atom. The minimum atomic E-state index is -0.0578. The minimum Gasteiger partial charge on any atom is -0.492 e. The Morgan fingerprint density at radius 3 is 2.48 bits per heavy atom. The van der Waals surface area contributed by atoms with E-state index < -0.39 is 0 Å². The van der Waals surface area contributed by atoms with Crippen molar-refractivity contribution in [3.8, 4) is 5.75 Å². The summed E-state index contributed by atoms with van der Waals surface area (Å²) >= 11 is 0. The molecule has 0 amide bonds. The van der Waals surface area contributed by atoms with Crippen molar-refractivity contribution < 1.29 is 9.53 Å². The number of hydrogen-bond donors (Lipinski definition) is 1. The Morgan fingerprint density at radius 2 is 1.96 bits per heavy atom. The van der Waals surface area contributed by atoms with Crippen molar-refractivity contribution >= 4 is 11.5 Å². The van der Waals surface area contributed by atoms with Crippen LogP contribution in [0.3, 0.4) is 0 Å². The largest absolute Gasteiger partial charge is 0.492 e. The van der Waals surface area contributed by atoms with Crippen LogP contribution in [0.1, 0.15) is 50.9 Å². The number of ketones is 1. The SMILES string of the molecule is CCOc1ccc(C(=O)C(CC)N2CC(C)CC(C)C2)cc1N. The molecule has 0 radical (unpaired) electrons. The summed E-state index contributed by atoms with van der Waals surface area (Å²) in [4.78, 5) is 15.3. The van der Waals surface area contributed by atoms with Gasteiger partial charge in [-0.2, -0.15) is 0 Å². The van der Waals surface area contributed by atoms with E-state index in [9.17, 15) is 4.79 Å². The summed E-state index contributed by atoms with van der Waals surface area (Å²) in [5, 5.41) is 0. The molecule has 4 nitrogen and oxygen atoms in total. The molecule has 0 bridgehead atoms. The molecule has 1 aromatic rings. The zero-order valence-electron chi connectivity index (χ0n) is 14.8. The van der Waals surface area contributed by atoms with Crippen LogP contribution in [0, 0.1) is 11.8 Å². The molecule has 1 aliphatic heterocycles. The van der Waals surface area contributed by atoms with Crippen molar-refractivity contribution in [1.29, 1.82) is 0 Å². The first-order valence-electron chi connectivity index (χ1n) is 8.76. The first-order valence-corrected chi connectivity index (χ1v) is 8.76. The van der Waals surface area contributed by atoms with Crippen molar-refractivity contribution in [3.05, 3.63) is 23.8 Å². The molecular formula is C19H30N2O2. The van der Waals surface area contributed by atoms with Crippen LogP contribution in [0.25, 0.3) is 0 Å². The molecule has 128 valence electrons. The highest BCUT2D eigenvalue weighted by atomic mass is 16.5. The van der Waals surface area contributed by atoms with Crippen LogP contribution in [0.5, 0.6) is 5.75 Å². The number of carbonyl (C=O) groups is 1. The van der Waals surface area contributed by atoms with Gasteiger partial charge in [-0.1, -0.05) is 20.8 Å². The minimum absolute atomic E-state index is 0.0578. The summed E-state index contributed by atoms with van der Waals surface area (Å²) in [7, 11) is 0. The van der Waals surface area contributed by atoms with Gasteiger partial charge in [-0.3, -0.25) is 9.69 Å². The summed E-state index contributed by atoms with van der Waals surface area (Å²) in [6, 6.07) is 5.34. The smallest absolute Gasteiger partial charge is 0.180 e. The lowest BCUT2D eigenvalue weighted by Gasteiger charge is -2.39. The number of ether oxygens (including phenoxy) is 1. The van der Waals surface area contributed by atoms with Gasteiger partial charge in [0.25, 0.3) is 0 Å². The molecule has 1 heterocycles. The molecule has 1 aromatic carbocycles. The molecule has 0 aliphatic carbocycles. The number of benzene rings is 1. The van der Waals surface area contributed by atoms with Crippen LogP contribution < -0.4 is 10.5 Å². The highest BCUT2D eigenvalue weighted by Crippen LogP contribution is 2.27. The van der Waals surface area contributed by atoms with E-state index in [4.69, 9.17) is 10.5 Å². The fourth-order valence-corrected chi connectivity index (χ4v) is 3.76. The first kappa shape index (κ1) is 17.8. The predicted octanol–water partition coefficient (Wildman–Crippen LogP) is 3.61. The lowest BCUT2D eigenvalue weighted by molar-refractivity contribution is 0.0640. The molecule has 1 saturated heterocycles. The van der Waals surface area contributed by atoms with Gasteiger partial charge in [-0.25, -0.2) is 0 Å². The van der Waals surface area contributed by atoms with E-state index in [1.54, 1.807) is 12.1 Å². The van der Waals surface area contributed by atoms with E-state index in [2.05, 4.69) is 25.7 Å². The van der Waals surface area contributed by atoms with Gasteiger partial charge in [0.1, 0.15) is 5.75 Å². The Balaban J connectivity index is 2.17. The highest BCUT2D eigenvalue weighted by molar-refractivity contribution is 6.01. The molecule has 0 spiro atoms. The third kappa shape index (κ3) is 4.25. The molecule has 2 N–H and O–H groups in total. The standard InChI is InChI=1S/C19H30N2O2/c1-5-17(21-11-13(3)9-14(4)12-21)19(22)15-7-8-18(23-6-2)16(20)10-15/h7-8,10,13-14,17H,5-6,9,11-12,20H2,1-4H3. The van der Waals surface area contributed by atoms with Gasteiger partial charge in [0.15, 0.2) is 5.78 Å². The second kappa shape index (κ2) is 7.82. The van der Waals surface area contributed by atoms with Crippen LogP contribution >= 0.6 is 0 Å². The van der Waals surface area contributed by atoms with Crippen LogP contribution in [0.2, 0.25) is 0 Å². The van der Waals surface area contributed by atoms with E-state index >= 15 is 0 Å². The van der Waals surface area contributed by atoms with Crippen molar-refractivity contribution in [1.82, 2.24) is 4.90 Å². The van der Waals surface area contributed by atoms with Crippen LogP contribution in [0.4, 0.5) is 5.69 Å². The second-order valence-corrected chi connectivity index (χ2v) is 6.87. The molecule has 1 fully saturated rings. The van der Waals surface area contributed by atoms with Crippen LogP contribution in [0.15, 0.2) is 18.2 Å². The van der Waals surface area contributed by atoms with Crippen LogP contribution in [-0.2, 0) is 0 Å². The zero-order chi connectivity index (χ0) is 17.0. The number of nitrogens with two attached hydrogens (primary N) is 1. The normalized spacial score (nSPS) is 23.5. The van der Waals surface area contributed by atoms with Crippen molar-refractivity contribution in [2.75, 3.05) is 25.4 Å². The maximum absolute atomic E-state index is 13.0. The topological polar surface area (TPSA) is 55.6 Å². The molecule has 2 rings (SSSR count). The van der Waals surface area contributed by atoms with Crippen molar-refractivity contribution in [2.24, 2.45) is 11.8 Å². The summed E-state index contributed by atoms with van der Waals surface area (Å²) in [6.45, 7) is 11.1. The molecule has 1 aliphatic rings. The number of hydrogen-bond acceptors (Lipinski definition) is 4. The number of carbonyl (C=O) groups excluding carboxylic acids is 1. The van der Waals surface area contributed by atoms with E-state index in [1.165, 1.54) is 6.42 Å². The van der Waals surface area contributed by atoms with Crippen LogP contribution in [-0.4, -0.2) is 36.4 Å².